The van der Waals surface area contributed by atoms with Crippen LogP contribution in [-0.4, -0.2) is 6.79 Å². The van der Waals surface area contributed by atoms with Gasteiger partial charge in [0.05, 0.1) is 5.41 Å². The van der Waals surface area contributed by atoms with E-state index in [0.29, 0.717) is 0 Å². The number of hydrogen-bond acceptors (Lipinski definition) is 3. The van der Waals surface area contributed by atoms with Crippen molar-refractivity contribution in [3.8, 4) is 22.6 Å². The maximum atomic E-state index is 6.33. The highest BCUT2D eigenvalue weighted by molar-refractivity contribution is 9.10. The average Bonchev–Trinajstić information content (AvgIpc) is 3.59. The zero-order valence-electron chi connectivity index (χ0n) is 19.4. The summed E-state index contributed by atoms with van der Waals surface area (Å²) in [5, 5.41) is 2.23. The van der Waals surface area contributed by atoms with E-state index in [9.17, 15) is 0 Å². The fraction of sp³-hybridized carbons (Fsp3) is 0.0625. The number of hydrogen-bond donors (Lipinski definition) is 0. The lowest BCUT2D eigenvalue weighted by molar-refractivity contribution is 0.174. The Bertz CT molecular complexity index is 1860. The highest BCUT2D eigenvalue weighted by Crippen LogP contribution is 2.61. The third-order valence-corrected chi connectivity index (χ3v) is 8.64. The van der Waals surface area contributed by atoms with E-state index in [2.05, 4.69) is 117 Å². The molecule has 6 aromatic rings. The van der Waals surface area contributed by atoms with Crippen LogP contribution in [0.2, 0.25) is 0 Å². The summed E-state index contributed by atoms with van der Waals surface area (Å²) in [4.78, 5) is 0. The Kier molecular flexibility index (Phi) is 4.50. The van der Waals surface area contributed by atoms with Gasteiger partial charge in [-0.05, 0) is 81.9 Å². The molecule has 1 aromatic heterocycles. The topological polar surface area (TPSA) is 31.6 Å². The van der Waals surface area contributed by atoms with Crippen LogP contribution in [0, 0.1) is 0 Å². The second-order valence-corrected chi connectivity index (χ2v) is 11.3. The van der Waals surface area contributed by atoms with Crippen LogP contribution in [0.25, 0.3) is 33.1 Å². The first kappa shape index (κ1) is 21.5. The summed E-state index contributed by atoms with van der Waals surface area (Å²) < 4.78 is 20.2. The fourth-order valence-electron chi connectivity index (χ4n) is 6.25. The number of benzene rings is 5. The number of rotatable bonds is 2. The van der Waals surface area contributed by atoms with E-state index in [1.807, 2.05) is 12.1 Å². The molecule has 0 bridgehead atoms. The molecule has 5 aromatic carbocycles. The highest BCUT2D eigenvalue weighted by atomic mass is 79.9. The Labute approximate surface area is 229 Å². The molecule has 1 aliphatic heterocycles. The van der Waals surface area contributed by atoms with Crippen molar-refractivity contribution in [2.45, 2.75) is 5.41 Å². The Hall–Kier alpha value is -3.54. The van der Waals surface area contributed by atoms with Gasteiger partial charge in [-0.25, -0.2) is 0 Å². The normalized spacial score (nSPS) is 14.8. The molecule has 2 aliphatic rings. The largest absolute Gasteiger partial charge is 0.456 e. The lowest BCUT2D eigenvalue weighted by Crippen LogP contribution is -2.28. The van der Waals surface area contributed by atoms with Gasteiger partial charge in [0.2, 0.25) is 6.79 Å². The van der Waals surface area contributed by atoms with Gasteiger partial charge in [0.25, 0.3) is 0 Å². The van der Waals surface area contributed by atoms with E-state index in [4.69, 9.17) is 13.9 Å². The maximum Gasteiger partial charge on any atom is 0.231 e. The minimum Gasteiger partial charge on any atom is -0.456 e. The molecule has 0 atom stereocenters. The van der Waals surface area contributed by atoms with E-state index in [1.165, 1.54) is 27.8 Å². The number of furan rings is 1. The van der Waals surface area contributed by atoms with Crippen LogP contribution >= 0.6 is 31.9 Å². The molecule has 8 rings (SSSR count). The predicted octanol–water partition coefficient (Wildman–Crippen LogP) is 9.20. The minimum atomic E-state index is -0.578. The van der Waals surface area contributed by atoms with Crippen molar-refractivity contribution in [1.82, 2.24) is 0 Å². The molecule has 0 saturated heterocycles. The minimum absolute atomic E-state index is 0.227. The summed E-state index contributed by atoms with van der Waals surface area (Å²) in [6.07, 6.45) is 0. The summed E-state index contributed by atoms with van der Waals surface area (Å²) in [5.41, 5.74) is 8.22. The average molecular weight is 610 g/mol. The molecular weight excluding hydrogens is 592 g/mol. The van der Waals surface area contributed by atoms with Gasteiger partial charge in [-0.15, -0.1) is 0 Å². The van der Waals surface area contributed by atoms with Gasteiger partial charge in [-0.1, -0.05) is 80.4 Å². The Morgan fingerprint density at radius 2 is 1.32 bits per heavy atom. The first-order chi connectivity index (χ1) is 18.1. The lowest BCUT2D eigenvalue weighted by atomic mass is 9.67. The third-order valence-electron chi connectivity index (χ3n) is 7.65. The summed E-state index contributed by atoms with van der Waals surface area (Å²) in [5.74, 6) is 1.54. The van der Waals surface area contributed by atoms with Crippen LogP contribution in [0.4, 0.5) is 0 Å². The monoisotopic (exact) mass is 608 g/mol. The zero-order valence-corrected chi connectivity index (χ0v) is 22.6. The summed E-state index contributed by atoms with van der Waals surface area (Å²) in [6.45, 7) is 0.227. The summed E-state index contributed by atoms with van der Waals surface area (Å²) in [6, 6.07) is 34.2. The van der Waals surface area contributed by atoms with Crippen LogP contribution in [0.1, 0.15) is 22.3 Å². The standard InChI is InChI=1S/C32H18Br2O3/c33-20-7-3-5-18(13-20)32(19-6-4-8-21(34)14-19)24-11-12-27-31(22-9-1-2-10-26(22)37-27)30(24)23-15-28-29(16-25(23)32)36-17-35-28/h1-16H,17H2. The highest BCUT2D eigenvalue weighted by Gasteiger charge is 2.48. The quantitative estimate of drug-likeness (QED) is 0.196. The molecule has 0 amide bonds. The fourth-order valence-corrected chi connectivity index (χ4v) is 7.04. The zero-order chi connectivity index (χ0) is 24.7. The van der Waals surface area contributed by atoms with Crippen molar-refractivity contribution in [3.63, 3.8) is 0 Å². The second-order valence-electron chi connectivity index (χ2n) is 9.48. The Morgan fingerprint density at radius 3 is 2.05 bits per heavy atom. The number of para-hydroxylation sites is 1. The molecular formula is C32H18Br2O3. The van der Waals surface area contributed by atoms with E-state index >= 15 is 0 Å². The van der Waals surface area contributed by atoms with E-state index in [0.717, 1.165) is 47.9 Å². The first-order valence-corrected chi connectivity index (χ1v) is 13.6. The molecule has 5 heteroatoms. The third kappa shape index (κ3) is 2.87. The van der Waals surface area contributed by atoms with E-state index in [-0.39, 0.29) is 6.79 Å². The molecule has 0 N–H and O–H groups in total. The molecule has 2 heterocycles. The van der Waals surface area contributed by atoms with Crippen LogP contribution in [0.3, 0.4) is 0 Å². The van der Waals surface area contributed by atoms with Gasteiger partial charge in [-0.3, -0.25) is 0 Å². The lowest BCUT2D eigenvalue weighted by Gasteiger charge is -2.34. The number of ether oxygens (including phenoxy) is 2. The van der Waals surface area contributed by atoms with Gasteiger partial charge in [0, 0.05) is 19.7 Å². The van der Waals surface area contributed by atoms with Crippen molar-refractivity contribution in [3.05, 3.63) is 128 Å². The number of fused-ring (bicyclic) bond motifs is 8. The maximum absolute atomic E-state index is 6.33. The predicted molar refractivity (Wildman–Crippen MR) is 153 cm³/mol. The number of halogens is 2. The molecule has 0 saturated carbocycles. The summed E-state index contributed by atoms with van der Waals surface area (Å²) >= 11 is 7.49. The van der Waals surface area contributed by atoms with Gasteiger partial charge in [0.15, 0.2) is 11.5 Å². The smallest absolute Gasteiger partial charge is 0.231 e. The Balaban J connectivity index is 1.62. The van der Waals surface area contributed by atoms with Crippen LogP contribution < -0.4 is 9.47 Å². The van der Waals surface area contributed by atoms with Crippen molar-refractivity contribution < 1.29 is 13.9 Å². The van der Waals surface area contributed by atoms with Crippen LogP contribution in [-0.2, 0) is 5.41 Å². The first-order valence-electron chi connectivity index (χ1n) is 12.1. The molecule has 3 nitrogen and oxygen atoms in total. The van der Waals surface area contributed by atoms with Crippen LogP contribution in [0.5, 0.6) is 11.5 Å². The molecule has 178 valence electrons. The SMILES string of the molecule is Brc1cccc(C2(c3cccc(Br)c3)c3cc4c(cc3-c3c2ccc2oc5ccccc5c32)OCO4)c1. The molecule has 37 heavy (non-hydrogen) atoms. The summed E-state index contributed by atoms with van der Waals surface area (Å²) in [7, 11) is 0. The molecule has 0 spiro atoms. The second kappa shape index (κ2) is 7.73. The van der Waals surface area contributed by atoms with Crippen molar-refractivity contribution >= 4 is 53.8 Å². The molecule has 0 unspecified atom stereocenters. The van der Waals surface area contributed by atoms with E-state index in [1.54, 1.807) is 0 Å². The Morgan fingerprint density at radius 1 is 0.622 bits per heavy atom. The van der Waals surface area contributed by atoms with Gasteiger partial charge < -0.3 is 13.9 Å². The van der Waals surface area contributed by atoms with Crippen molar-refractivity contribution in [1.29, 1.82) is 0 Å². The molecule has 0 radical (unpaired) electrons. The van der Waals surface area contributed by atoms with Crippen molar-refractivity contribution in [2.75, 3.05) is 6.79 Å². The van der Waals surface area contributed by atoms with Crippen molar-refractivity contribution in [2.24, 2.45) is 0 Å². The van der Waals surface area contributed by atoms with Crippen LogP contribution in [0.15, 0.2) is 110 Å². The van der Waals surface area contributed by atoms with Gasteiger partial charge in [0.1, 0.15) is 11.2 Å². The van der Waals surface area contributed by atoms with Gasteiger partial charge >= 0.3 is 0 Å². The van der Waals surface area contributed by atoms with E-state index < -0.39 is 5.41 Å². The van der Waals surface area contributed by atoms with Gasteiger partial charge in [-0.2, -0.15) is 0 Å². The molecule has 1 aliphatic carbocycles. The molecule has 0 fully saturated rings.